The van der Waals surface area contributed by atoms with E-state index in [0.29, 0.717) is 5.71 Å². The van der Waals surface area contributed by atoms with Gasteiger partial charge in [-0.1, -0.05) is 36.4 Å². The summed E-state index contributed by atoms with van der Waals surface area (Å²) in [5, 5.41) is 4.14. The fraction of sp³-hybridized carbons (Fsp3) is 0.160. The lowest BCUT2D eigenvalue weighted by atomic mass is 10.1. The molecule has 0 heterocycles. The molecule has 0 radical (unpaired) electrons. The molecule has 0 aromatic heterocycles. The molecular formula is C25H25N3O3. The lowest BCUT2D eigenvalue weighted by Gasteiger charge is -2.23. The number of methoxy groups -OCH3 is 1. The van der Waals surface area contributed by atoms with Crippen LogP contribution in [-0.4, -0.2) is 24.6 Å². The number of nitrogens with zero attached hydrogens (tertiary/aromatic N) is 2. The van der Waals surface area contributed by atoms with Crippen LogP contribution in [0.15, 0.2) is 90.0 Å². The lowest BCUT2D eigenvalue weighted by molar-refractivity contribution is -0.124. The Kier molecular flexibility index (Phi) is 7.54. The molecule has 2 amide bonds. The van der Waals surface area contributed by atoms with Crippen molar-refractivity contribution in [3.05, 3.63) is 90.5 Å². The number of ether oxygens (including phenoxy) is 1. The minimum absolute atomic E-state index is 0.0361. The Bertz CT molecular complexity index is 993. The maximum Gasteiger partial charge on any atom is 0.240 e. The van der Waals surface area contributed by atoms with Gasteiger partial charge in [-0.15, -0.1) is 0 Å². The van der Waals surface area contributed by atoms with Gasteiger partial charge in [-0.25, -0.2) is 5.43 Å². The first kappa shape index (κ1) is 21.8. The van der Waals surface area contributed by atoms with Crippen molar-refractivity contribution in [3.8, 4) is 5.75 Å². The molecule has 0 saturated carbocycles. The molecule has 0 aliphatic carbocycles. The highest BCUT2D eigenvalue weighted by molar-refractivity contribution is 6.02. The molecule has 31 heavy (non-hydrogen) atoms. The topological polar surface area (TPSA) is 71.0 Å². The lowest BCUT2D eigenvalue weighted by Crippen LogP contribution is -2.28. The molecule has 0 aliphatic heterocycles. The SMILES string of the molecule is COc1ccc(C(C)=NNC(=O)CCC(=O)N(c2ccccc2)c2ccccc2)cc1. The van der Waals surface area contributed by atoms with Crippen molar-refractivity contribution in [1.29, 1.82) is 0 Å². The van der Waals surface area contributed by atoms with Crippen LogP contribution in [0.2, 0.25) is 0 Å². The Hall–Kier alpha value is -3.93. The summed E-state index contributed by atoms with van der Waals surface area (Å²) in [5.41, 5.74) is 5.58. The van der Waals surface area contributed by atoms with E-state index in [1.165, 1.54) is 0 Å². The normalized spacial score (nSPS) is 11.0. The van der Waals surface area contributed by atoms with Gasteiger partial charge in [0.1, 0.15) is 5.75 Å². The number of amides is 2. The molecule has 3 aromatic carbocycles. The highest BCUT2D eigenvalue weighted by Crippen LogP contribution is 2.26. The van der Waals surface area contributed by atoms with Crippen LogP contribution in [-0.2, 0) is 9.59 Å². The third-order valence-electron chi connectivity index (χ3n) is 4.70. The van der Waals surface area contributed by atoms with Gasteiger partial charge in [0.15, 0.2) is 0 Å². The summed E-state index contributed by atoms with van der Waals surface area (Å²) in [6, 6.07) is 26.2. The molecule has 0 aliphatic rings. The van der Waals surface area contributed by atoms with E-state index in [1.807, 2.05) is 84.9 Å². The Labute approximate surface area is 182 Å². The molecule has 0 spiro atoms. The zero-order valence-corrected chi connectivity index (χ0v) is 17.6. The van der Waals surface area contributed by atoms with Gasteiger partial charge in [-0.3, -0.25) is 14.5 Å². The van der Waals surface area contributed by atoms with Crippen molar-refractivity contribution in [2.24, 2.45) is 5.10 Å². The molecule has 0 atom stereocenters. The van der Waals surface area contributed by atoms with Crippen molar-refractivity contribution in [2.75, 3.05) is 12.0 Å². The largest absolute Gasteiger partial charge is 0.497 e. The molecule has 3 rings (SSSR count). The standard InChI is InChI=1S/C25H25N3O3/c1-19(20-13-15-23(31-2)16-14-20)26-27-24(29)17-18-25(30)28(21-9-5-3-6-10-21)22-11-7-4-8-12-22/h3-16H,17-18H2,1-2H3,(H,27,29). The Morgan fingerprint density at radius 1 is 0.839 bits per heavy atom. The first-order valence-corrected chi connectivity index (χ1v) is 9.99. The number of carbonyl (C=O) groups excluding carboxylic acids is 2. The highest BCUT2D eigenvalue weighted by atomic mass is 16.5. The number of para-hydroxylation sites is 2. The van der Waals surface area contributed by atoms with Crippen molar-refractivity contribution in [2.45, 2.75) is 19.8 Å². The van der Waals surface area contributed by atoms with Crippen LogP contribution in [0, 0.1) is 0 Å². The van der Waals surface area contributed by atoms with Crippen LogP contribution in [0.3, 0.4) is 0 Å². The van der Waals surface area contributed by atoms with Gasteiger partial charge < -0.3 is 4.74 Å². The summed E-state index contributed by atoms with van der Waals surface area (Å²) < 4.78 is 5.14. The van der Waals surface area contributed by atoms with Crippen LogP contribution >= 0.6 is 0 Å². The van der Waals surface area contributed by atoms with E-state index in [2.05, 4.69) is 10.5 Å². The van der Waals surface area contributed by atoms with Gasteiger partial charge >= 0.3 is 0 Å². The Morgan fingerprint density at radius 3 is 1.90 bits per heavy atom. The summed E-state index contributed by atoms with van der Waals surface area (Å²) in [5.74, 6) is 0.270. The second-order valence-corrected chi connectivity index (χ2v) is 6.86. The predicted octanol–water partition coefficient (Wildman–Crippen LogP) is 4.68. The second kappa shape index (κ2) is 10.7. The fourth-order valence-corrected chi connectivity index (χ4v) is 3.02. The molecule has 0 fully saturated rings. The monoisotopic (exact) mass is 415 g/mol. The van der Waals surface area contributed by atoms with Crippen LogP contribution in [0.5, 0.6) is 5.75 Å². The average molecular weight is 415 g/mol. The first-order chi connectivity index (χ1) is 15.1. The summed E-state index contributed by atoms with van der Waals surface area (Å²) >= 11 is 0. The summed E-state index contributed by atoms with van der Waals surface area (Å²) in [4.78, 5) is 26.9. The van der Waals surface area contributed by atoms with Crippen molar-refractivity contribution >= 4 is 28.9 Å². The van der Waals surface area contributed by atoms with Crippen molar-refractivity contribution < 1.29 is 14.3 Å². The van der Waals surface area contributed by atoms with Gasteiger partial charge in [0.05, 0.1) is 12.8 Å². The number of benzene rings is 3. The third kappa shape index (κ3) is 6.02. The molecule has 1 N–H and O–H groups in total. The van der Waals surface area contributed by atoms with E-state index in [1.54, 1.807) is 18.9 Å². The Balaban J connectivity index is 1.62. The minimum Gasteiger partial charge on any atom is -0.497 e. The van der Waals surface area contributed by atoms with Crippen LogP contribution in [0.4, 0.5) is 11.4 Å². The third-order valence-corrected chi connectivity index (χ3v) is 4.70. The highest BCUT2D eigenvalue weighted by Gasteiger charge is 2.18. The molecule has 0 bridgehead atoms. The van der Waals surface area contributed by atoms with Gasteiger partial charge in [0.2, 0.25) is 11.8 Å². The van der Waals surface area contributed by atoms with Crippen LogP contribution in [0.25, 0.3) is 0 Å². The van der Waals surface area contributed by atoms with Gasteiger partial charge in [0.25, 0.3) is 0 Å². The zero-order chi connectivity index (χ0) is 22.1. The zero-order valence-electron chi connectivity index (χ0n) is 17.6. The van der Waals surface area contributed by atoms with Crippen LogP contribution in [0.1, 0.15) is 25.3 Å². The number of nitrogens with one attached hydrogen (secondary N) is 1. The molecular weight excluding hydrogens is 390 g/mol. The fourth-order valence-electron chi connectivity index (χ4n) is 3.02. The van der Waals surface area contributed by atoms with Gasteiger partial charge in [-0.05, 0) is 61.0 Å². The van der Waals surface area contributed by atoms with Gasteiger partial charge in [-0.2, -0.15) is 5.10 Å². The average Bonchev–Trinajstić information content (AvgIpc) is 2.83. The number of anilines is 2. The first-order valence-electron chi connectivity index (χ1n) is 9.99. The number of hydrazone groups is 1. The van der Waals surface area contributed by atoms with Crippen LogP contribution < -0.4 is 15.1 Å². The minimum atomic E-state index is -0.317. The molecule has 0 unspecified atom stereocenters. The molecule has 6 nitrogen and oxygen atoms in total. The number of hydrogen-bond donors (Lipinski definition) is 1. The molecule has 158 valence electrons. The predicted molar refractivity (Wildman–Crippen MR) is 123 cm³/mol. The molecule has 6 heteroatoms. The van der Waals surface area contributed by atoms with Gasteiger partial charge in [0, 0.05) is 24.2 Å². The quantitative estimate of drug-likeness (QED) is 0.429. The number of hydrogen-bond acceptors (Lipinski definition) is 4. The molecule has 3 aromatic rings. The van der Waals surface area contributed by atoms with Crippen molar-refractivity contribution in [1.82, 2.24) is 5.43 Å². The summed E-state index contributed by atoms with van der Waals surface area (Å²) in [6.07, 6.45) is 0.0983. The number of rotatable bonds is 8. The summed E-state index contributed by atoms with van der Waals surface area (Å²) in [6.45, 7) is 1.81. The van der Waals surface area contributed by atoms with E-state index in [9.17, 15) is 9.59 Å². The van der Waals surface area contributed by atoms with Crippen molar-refractivity contribution in [3.63, 3.8) is 0 Å². The maximum atomic E-state index is 13.0. The van der Waals surface area contributed by atoms with E-state index in [4.69, 9.17) is 4.74 Å². The Morgan fingerprint density at radius 2 is 1.39 bits per heavy atom. The van der Waals surface area contributed by atoms with E-state index >= 15 is 0 Å². The van der Waals surface area contributed by atoms with E-state index < -0.39 is 0 Å². The smallest absolute Gasteiger partial charge is 0.240 e. The van der Waals surface area contributed by atoms with E-state index in [-0.39, 0.29) is 24.7 Å². The maximum absolute atomic E-state index is 13.0. The molecule has 0 saturated heterocycles. The summed E-state index contributed by atoms with van der Waals surface area (Å²) in [7, 11) is 1.61. The van der Waals surface area contributed by atoms with E-state index in [0.717, 1.165) is 22.7 Å². The second-order valence-electron chi connectivity index (χ2n) is 6.86. The number of carbonyl (C=O) groups is 2.